The predicted molar refractivity (Wildman–Crippen MR) is 85.9 cm³/mol. The maximum absolute atomic E-state index is 12.5. The van der Waals surface area contributed by atoms with Crippen LogP contribution >= 0.6 is 0 Å². The topological polar surface area (TPSA) is 55.8 Å². The van der Waals surface area contributed by atoms with Gasteiger partial charge < -0.3 is 14.4 Å². The minimum atomic E-state index is -0.342. The molecule has 5 nitrogen and oxygen atoms in total. The Morgan fingerprint density at radius 1 is 0.957 bits per heavy atom. The lowest BCUT2D eigenvalue weighted by atomic mass is 9.70. The molecule has 0 aromatic carbocycles. The fourth-order valence-electron chi connectivity index (χ4n) is 4.66. The first kappa shape index (κ1) is 16.6. The van der Waals surface area contributed by atoms with E-state index in [1.165, 1.54) is 39.2 Å². The van der Waals surface area contributed by atoms with E-state index < -0.39 is 0 Å². The highest BCUT2D eigenvalue weighted by atomic mass is 16.5. The molecule has 0 N–H and O–H groups in total. The zero-order chi connectivity index (χ0) is 16.2. The molecule has 4 unspecified atom stereocenters. The van der Waals surface area contributed by atoms with E-state index in [2.05, 4.69) is 0 Å². The van der Waals surface area contributed by atoms with Gasteiger partial charge in [0.1, 0.15) is 6.10 Å². The van der Waals surface area contributed by atoms with Crippen molar-refractivity contribution in [3.05, 3.63) is 0 Å². The Balaban J connectivity index is 1.49. The van der Waals surface area contributed by atoms with Crippen LogP contribution in [0.3, 0.4) is 0 Å². The molecule has 0 bridgehead atoms. The van der Waals surface area contributed by atoms with Crippen LogP contribution in [0.5, 0.6) is 0 Å². The van der Waals surface area contributed by atoms with Crippen molar-refractivity contribution in [3.8, 4) is 0 Å². The van der Waals surface area contributed by atoms with E-state index in [9.17, 15) is 9.59 Å². The molecule has 1 amide bonds. The zero-order valence-electron chi connectivity index (χ0n) is 14.2. The predicted octanol–water partition coefficient (Wildman–Crippen LogP) is 3.37. The van der Waals surface area contributed by atoms with Gasteiger partial charge in [-0.2, -0.15) is 0 Å². The monoisotopic (exact) mass is 323 g/mol. The van der Waals surface area contributed by atoms with Crippen LogP contribution in [-0.2, 0) is 14.3 Å². The summed E-state index contributed by atoms with van der Waals surface area (Å²) in [7, 11) is 1.38. The summed E-state index contributed by atoms with van der Waals surface area (Å²) in [5.41, 5.74) is 0. The third-order valence-electron chi connectivity index (χ3n) is 5.96. The van der Waals surface area contributed by atoms with Gasteiger partial charge in [-0.25, -0.2) is 4.79 Å². The second-order valence-corrected chi connectivity index (χ2v) is 7.43. The maximum atomic E-state index is 12.5. The summed E-state index contributed by atoms with van der Waals surface area (Å²) in [6, 6.07) is 0. The SMILES string of the molecule is COC(=O)N1CCCC(C(=O)OC2CCC3CCCCC3C2)C1. The first-order valence-corrected chi connectivity index (χ1v) is 9.20. The molecule has 130 valence electrons. The van der Waals surface area contributed by atoms with Crippen molar-refractivity contribution in [3.63, 3.8) is 0 Å². The molecule has 23 heavy (non-hydrogen) atoms. The smallest absolute Gasteiger partial charge is 0.409 e. The molecular weight excluding hydrogens is 294 g/mol. The molecule has 0 spiro atoms. The van der Waals surface area contributed by atoms with Crippen molar-refractivity contribution >= 4 is 12.1 Å². The highest BCUT2D eigenvalue weighted by Crippen LogP contribution is 2.41. The minimum absolute atomic E-state index is 0.0929. The number of nitrogens with zero attached hydrogens (tertiary/aromatic N) is 1. The van der Waals surface area contributed by atoms with Crippen LogP contribution in [-0.4, -0.2) is 43.3 Å². The number of fused-ring (bicyclic) bond motifs is 1. The summed E-state index contributed by atoms with van der Waals surface area (Å²) in [5.74, 6) is 1.32. The number of piperidine rings is 1. The van der Waals surface area contributed by atoms with E-state index in [1.54, 1.807) is 4.90 Å². The number of methoxy groups -OCH3 is 1. The fourth-order valence-corrected chi connectivity index (χ4v) is 4.66. The molecule has 4 atom stereocenters. The van der Waals surface area contributed by atoms with Crippen LogP contribution in [0.1, 0.15) is 57.8 Å². The molecule has 0 aromatic heterocycles. The Labute approximate surface area is 138 Å². The van der Waals surface area contributed by atoms with E-state index in [0.717, 1.165) is 37.5 Å². The lowest BCUT2D eigenvalue weighted by molar-refractivity contribution is -0.159. The van der Waals surface area contributed by atoms with Crippen molar-refractivity contribution in [1.29, 1.82) is 0 Å². The van der Waals surface area contributed by atoms with Gasteiger partial charge in [0.2, 0.25) is 0 Å². The third kappa shape index (κ3) is 3.99. The first-order chi connectivity index (χ1) is 11.2. The molecule has 1 saturated heterocycles. The summed E-state index contributed by atoms with van der Waals surface area (Å²) >= 11 is 0. The van der Waals surface area contributed by atoms with Gasteiger partial charge in [-0.05, 0) is 43.9 Å². The van der Waals surface area contributed by atoms with Gasteiger partial charge in [0, 0.05) is 13.1 Å². The zero-order valence-corrected chi connectivity index (χ0v) is 14.2. The number of hydrogen-bond donors (Lipinski definition) is 0. The Bertz CT molecular complexity index is 439. The Morgan fingerprint density at radius 2 is 1.74 bits per heavy atom. The van der Waals surface area contributed by atoms with Gasteiger partial charge in [0.05, 0.1) is 13.0 Å². The van der Waals surface area contributed by atoms with Gasteiger partial charge >= 0.3 is 12.1 Å². The second-order valence-electron chi connectivity index (χ2n) is 7.43. The van der Waals surface area contributed by atoms with Crippen LogP contribution in [0.4, 0.5) is 4.79 Å². The highest BCUT2D eigenvalue weighted by Gasteiger charge is 2.36. The number of likely N-dealkylation sites (tertiary alicyclic amines) is 1. The quantitative estimate of drug-likeness (QED) is 0.731. The van der Waals surface area contributed by atoms with Crippen LogP contribution in [0.2, 0.25) is 0 Å². The van der Waals surface area contributed by atoms with E-state index in [1.807, 2.05) is 0 Å². The number of hydrogen-bond acceptors (Lipinski definition) is 4. The van der Waals surface area contributed by atoms with Gasteiger partial charge in [0.15, 0.2) is 0 Å². The summed E-state index contributed by atoms with van der Waals surface area (Å²) in [5, 5.41) is 0. The summed E-state index contributed by atoms with van der Waals surface area (Å²) < 4.78 is 10.6. The molecule has 2 aliphatic carbocycles. The van der Waals surface area contributed by atoms with E-state index in [-0.39, 0.29) is 24.1 Å². The number of esters is 1. The van der Waals surface area contributed by atoms with E-state index in [4.69, 9.17) is 9.47 Å². The molecule has 3 fully saturated rings. The van der Waals surface area contributed by atoms with Crippen LogP contribution in [0.15, 0.2) is 0 Å². The number of ether oxygens (including phenoxy) is 2. The second kappa shape index (κ2) is 7.54. The Morgan fingerprint density at radius 3 is 2.52 bits per heavy atom. The summed E-state index contributed by atoms with van der Waals surface area (Å²) in [6.45, 7) is 1.11. The third-order valence-corrected chi connectivity index (χ3v) is 5.96. The molecule has 0 aromatic rings. The largest absolute Gasteiger partial charge is 0.462 e. The summed E-state index contributed by atoms with van der Waals surface area (Å²) in [6.07, 6.45) is 10.0. The molecule has 5 heteroatoms. The fraction of sp³-hybridized carbons (Fsp3) is 0.889. The van der Waals surface area contributed by atoms with Crippen molar-refractivity contribution in [1.82, 2.24) is 4.90 Å². The highest BCUT2D eigenvalue weighted by molar-refractivity contribution is 5.75. The minimum Gasteiger partial charge on any atom is -0.462 e. The molecular formula is C18H29NO4. The van der Waals surface area contributed by atoms with Gasteiger partial charge in [-0.3, -0.25) is 4.79 Å². The van der Waals surface area contributed by atoms with E-state index >= 15 is 0 Å². The number of amides is 1. The lowest BCUT2D eigenvalue weighted by Gasteiger charge is -2.39. The van der Waals surface area contributed by atoms with Crippen LogP contribution in [0.25, 0.3) is 0 Å². The lowest BCUT2D eigenvalue weighted by Crippen LogP contribution is -2.43. The number of rotatable bonds is 2. The molecule has 1 aliphatic heterocycles. The molecule has 3 rings (SSSR count). The average molecular weight is 323 g/mol. The van der Waals surface area contributed by atoms with Crippen LogP contribution in [0, 0.1) is 17.8 Å². The van der Waals surface area contributed by atoms with E-state index in [0.29, 0.717) is 13.1 Å². The Hall–Kier alpha value is -1.26. The number of carbonyl (C=O) groups is 2. The van der Waals surface area contributed by atoms with Crippen molar-refractivity contribution in [2.45, 2.75) is 63.9 Å². The average Bonchev–Trinajstić information content (AvgIpc) is 2.61. The van der Waals surface area contributed by atoms with Gasteiger partial charge in [-0.1, -0.05) is 25.7 Å². The number of carbonyl (C=O) groups excluding carboxylic acids is 2. The Kier molecular flexibility index (Phi) is 5.44. The van der Waals surface area contributed by atoms with Gasteiger partial charge in [-0.15, -0.1) is 0 Å². The van der Waals surface area contributed by atoms with Crippen molar-refractivity contribution < 1.29 is 19.1 Å². The standard InChI is InChI=1S/C18H29NO4/c1-22-18(21)19-10-4-7-15(12-19)17(20)23-16-9-8-13-5-2-3-6-14(13)11-16/h13-16H,2-12H2,1H3. The summed E-state index contributed by atoms with van der Waals surface area (Å²) in [4.78, 5) is 25.7. The molecule has 2 saturated carbocycles. The van der Waals surface area contributed by atoms with Gasteiger partial charge in [0.25, 0.3) is 0 Å². The first-order valence-electron chi connectivity index (χ1n) is 9.20. The molecule has 3 aliphatic rings. The van der Waals surface area contributed by atoms with Crippen molar-refractivity contribution in [2.75, 3.05) is 20.2 Å². The maximum Gasteiger partial charge on any atom is 0.409 e. The normalized spacial score (nSPS) is 34.4. The van der Waals surface area contributed by atoms with Crippen LogP contribution < -0.4 is 0 Å². The molecule has 0 radical (unpaired) electrons. The van der Waals surface area contributed by atoms with Crippen molar-refractivity contribution in [2.24, 2.45) is 17.8 Å². The molecule has 1 heterocycles.